The zero-order valence-electron chi connectivity index (χ0n) is 19.0. The first-order chi connectivity index (χ1) is 15.6. The molecule has 2 aromatic heterocycles. The molecule has 0 bridgehead atoms. The Morgan fingerprint density at radius 2 is 1.88 bits per heavy atom. The Kier molecular flexibility index (Phi) is 7.76. The van der Waals surface area contributed by atoms with Crippen LogP contribution in [0.5, 0.6) is 0 Å². The molecule has 1 N–H and O–H groups in total. The number of amides is 1. The second-order valence-corrected chi connectivity index (χ2v) is 9.40. The Hall–Kier alpha value is -2.45. The quantitative estimate of drug-likeness (QED) is 0.411. The number of likely N-dealkylation sites (tertiary alicyclic amines) is 1. The lowest BCUT2D eigenvalue weighted by molar-refractivity contribution is 0.0951. The number of hydrogen-bond donors (Lipinski definition) is 1. The van der Waals surface area contributed by atoms with E-state index in [1.807, 2.05) is 44.2 Å². The van der Waals surface area contributed by atoms with Gasteiger partial charge in [-0.25, -0.2) is 9.50 Å². The minimum absolute atomic E-state index is 0.00633. The summed E-state index contributed by atoms with van der Waals surface area (Å²) in [5, 5.41) is 8.33. The number of carbonyl (C=O) groups is 1. The van der Waals surface area contributed by atoms with Gasteiger partial charge in [0.05, 0.1) is 0 Å². The van der Waals surface area contributed by atoms with E-state index in [0.717, 1.165) is 35.5 Å². The van der Waals surface area contributed by atoms with Gasteiger partial charge in [-0.1, -0.05) is 42.8 Å². The lowest BCUT2D eigenvalue weighted by atomic mass is 10.1. The zero-order chi connectivity index (χ0) is 22.3. The minimum Gasteiger partial charge on any atom is -0.352 e. The van der Waals surface area contributed by atoms with E-state index in [1.165, 1.54) is 50.5 Å². The Morgan fingerprint density at radius 3 is 2.69 bits per heavy atom. The predicted octanol–water partition coefficient (Wildman–Crippen LogP) is 4.03. The third kappa shape index (κ3) is 5.86. The molecule has 0 atom stereocenters. The Morgan fingerprint density at radius 1 is 1.09 bits per heavy atom. The second kappa shape index (κ2) is 10.9. The molecule has 0 aliphatic carbocycles. The van der Waals surface area contributed by atoms with Crippen molar-refractivity contribution < 1.29 is 4.79 Å². The van der Waals surface area contributed by atoms with Crippen LogP contribution in [0.4, 0.5) is 0 Å². The fourth-order valence-corrected chi connectivity index (χ4v) is 5.00. The average Bonchev–Trinajstić information content (AvgIpc) is 3.02. The van der Waals surface area contributed by atoms with Crippen molar-refractivity contribution in [1.29, 1.82) is 0 Å². The second-order valence-electron chi connectivity index (χ2n) is 8.46. The molecular weight excluding hydrogens is 420 g/mol. The topological polar surface area (TPSA) is 75.4 Å². The van der Waals surface area contributed by atoms with Crippen LogP contribution in [0.2, 0.25) is 0 Å². The van der Waals surface area contributed by atoms with Crippen molar-refractivity contribution in [2.24, 2.45) is 0 Å². The molecule has 0 spiro atoms. The first-order valence-electron chi connectivity index (χ1n) is 11.5. The highest BCUT2D eigenvalue weighted by molar-refractivity contribution is 7.98. The lowest BCUT2D eigenvalue weighted by Crippen LogP contribution is -2.31. The lowest BCUT2D eigenvalue weighted by Gasteiger charge is -2.19. The summed E-state index contributed by atoms with van der Waals surface area (Å²) in [5.74, 6) is 1.24. The van der Waals surface area contributed by atoms with Gasteiger partial charge >= 0.3 is 0 Å². The smallest absolute Gasteiger partial charge is 0.253 e. The number of aromatic nitrogens is 4. The van der Waals surface area contributed by atoms with Gasteiger partial charge in [0.1, 0.15) is 0 Å². The van der Waals surface area contributed by atoms with Gasteiger partial charge in [0.15, 0.2) is 0 Å². The Bertz CT molecular complexity index is 1060. The maximum absolute atomic E-state index is 12.8. The summed E-state index contributed by atoms with van der Waals surface area (Å²) < 4.78 is 1.76. The van der Waals surface area contributed by atoms with Crippen molar-refractivity contribution in [3.05, 3.63) is 52.8 Å². The standard InChI is InChI=1S/C24H32N6OS/c1-18-16-19(2)30-23(26-18)27-24(28-30)32-17-20-10-5-6-11-21(20)22(31)25-12-9-15-29-13-7-3-4-8-14-29/h5-6,10-11,16H,3-4,7-9,12-15,17H2,1-2H3,(H,25,31). The van der Waals surface area contributed by atoms with Crippen molar-refractivity contribution in [2.45, 2.75) is 56.9 Å². The van der Waals surface area contributed by atoms with Crippen LogP contribution in [0.15, 0.2) is 35.5 Å². The van der Waals surface area contributed by atoms with E-state index in [9.17, 15) is 4.79 Å². The maximum Gasteiger partial charge on any atom is 0.253 e. The average molecular weight is 453 g/mol. The van der Waals surface area contributed by atoms with E-state index in [4.69, 9.17) is 0 Å². The van der Waals surface area contributed by atoms with Crippen LogP contribution in [0, 0.1) is 13.8 Å². The fraction of sp³-hybridized carbons (Fsp3) is 0.500. The Balaban J connectivity index is 1.32. The summed E-state index contributed by atoms with van der Waals surface area (Å²) in [6.45, 7) is 8.10. The van der Waals surface area contributed by atoms with Crippen LogP contribution in [-0.2, 0) is 5.75 Å². The molecule has 3 heterocycles. The van der Waals surface area contributed by atoms with E-state index in [2.05, 4.69) is 25.3 Å². The van der Waals surface area contributed by atoms with E-state index in [1.54, 1.807) is 4.52 Å². The van der Waals surface area contributed by atoms with Crippen molar-refractivity contribution in [2.75, 3.05) is 26.2 Å². The number of nitrogens with one attached hydrogen (secondary N) is 1. The fourth-order valence-electron chi connectivity index (χ4n) is 4.18. The van der Waals surface area contributed by atoms with Gasteiger partial charge in [0, 0.05) is 29.2 Å². The van der Waals surface area contributed by atoms with Crippen LogP contribution < -0.4 is 5.32 Å². The van der Waals surface area contributed by atoms with Crippen molar-refractivity contribution >= 4 is 23.4 Å². The molecule has 1 amide bonds. The van der Waals surface area contributed by atoms with Crippen molar-refractivity contribution in [3.63, 3.8) is 0 Å². The number of hydrogen-bond acceptors (Lipinski definition) is 6. The highest BCUT2D eigenvalue weighted by Crippen LogP contribution is 2.23. The molecule has 8 heteroatoms. The predicted molar refractivity (Wildman–Crippen MR) is 128 cm³/mol. The Labute approximate surface area is 194 Å². The van der Waals surface area contributed by atoms with Gasteiger partial charge in [-0.2, -0.15) is 4.98 Å². The number of rotatable bonds is 8. The molecule has 1 aromatic carbocycles. The van der Waals surface area contributed by atoms with Crippen LogP contribution in [0.3, 0.4) is 0 Å². The van der Waals surface area contributed by atoms with E-state index in [-0.39, 0.29) is 5.91 Å². The minimum atomic E-state index is -0.00633. The number of aryl methyl sites for hydroxylation is 2. The third-order valence-electron chi connectivity index (χ3n) is 5.85. The first kappa shape index (κ1) is 22.7. The normalized spacial score (nSPS) is 15.1. The third-order valence-corrected chi connectivity index (χ3v) is 6.74. The summed E-state index contributed by atoms with van der Waals surface area (Å²) in [4.78, 5) is 24.3. The zero-order valence-corrected chi connectivity index (χ0v) is 19.8. The SMILES string of the molecule is Cc1cc(C)n2nc(SCc3ccccc3C(=O)NCCCN3CCCCCC3)nc2n1. The van der Waals surface area contributed by atoms with Crippen LogP contribution in [-0.4, -0.2) is 56.6 Å². The number of nitrogens with zero attached hydrogens (tertiary/aromatic N) is 5. The maximum atomic E-state index is 12.8. The molecule has 0 radical (unpaired) electrons. The highest BCUT2D eigenvalue weighted by atomic mass is 32.2. The highest BCUT2D eigenvalue weighted by Gasteiger charge is 2.14. The molecule has 7 nitrogen and oxygen atoms in total. The van der Waals surface area contributed by atoms with E-state index in [0.29, 0.717) is 23.2 Å². The summed E-state index contributed by atoms with van der Waals surface area (Å²) in [5.41, 5.74) is 3.65. The molecule has 32 heavy (non-hydrogen) atoms. The van der Waals surface area contributed by atoms with Gasteiger partial charge < -0.3 is 10.2 Å². The molecule has 4 rings (SSSR count). The summed E-state index contributed by atoms with van der Waals surface area (Å²) in [6.07, 6.45) is 6.28. The molecule has 3 aromatic rings. The molecule has 170 valence electrons. The van der Waals surface area contributed by atoms with Crippen LogP contribution in [0.1, 0.15) is 59.4 Å². The largest absolute Gasteiger partial charge is 0.352 e. The number of benzene rings is 1. The van der Waals surface area contributed by atoms with E-state index >= 15 is 0 Å². The number of thioether (sulfide) groups is 1. The monoisotopic (exact) mass is 452 g/mol. The van der Waals surface area contributed by atoms with Crippen LogP contribution >= 0.6 is 11.8 Å². The van der Waals surface area contributed by atoms with Crippen molar-refractivity contribution in [1.82, 2.24) is 29.8 Å². The van der Waals surface area contributed by atoms with Gasteiger partial charge in [-0.3, -0.25) is 4.79 Å². The first-order valence-corrected chi connectivity index (χ1v) is 12.5. The van der Waals surface area contributed by atoms with Gasteiger partial charge in [0.25, 0.3) is 11.7 Å². The van der Waals surface area contributed by atoms with Gasteiger partial charge in [-0.05, 0) is 70.4 Å². The van der Waals surface area contributed by atoms with Crippen LogP contribution in [0.25, 0.3) is 5.78 Å². The molecule has 1 aliphatic rings. The van der Waals surface area contributed by atoms with E-state index < -0.39 is 0 Å². The molecule has 1 aliphatic heterocycles. The van der Waals surface area contributed by atoms with Gasteiger partial charge in [-0.15, -0.1) is 5.10 Å². The number of carbonyl (C=O) groups excluding carboxylic acids is 1. The molecule has 1 saturated heterocycles. The molecule has 0 unspecified atom stereocenters. The molecular formula is C24H32N6OS. The molecule has 1 fully saturated rings. The summed E-state index contributed by atoms with van der Waals surface area (Å²) in [6, 6.07) is 9.77. The van der Waals surface area contributed by atoms with Crippen molar-refractivity contribution in [3.8, 4) is 0 Å². The summed E-state index contributed by atoms with van der Waals surface area (Å²) >= 11 is 1.52. The van der Waals surface area contributed by atoms with Gasteiger partial charge in [0.2, 0.25) is 5.16 Å². The summed E-state index contributed by atoms with van der Waals surface area (Å²) in [7, 11) is 0. The number of fused-ring (bicyclic) bond motifs is 1. The molecule has 0 saturated carbocycles.